The maximum absolute atomic E-state index is 5.66. The Bertz CT molecular complexity index is 682. The first-order valence-electron chi connectivity index (χ1n) is 8.57. The molecule has 1 aliphatic heterocycles. The van der Waals surface area contributed by atoms with Gasteiger partial charge in [0.2, 0.25) is 0 Å². The third-order valence-electron chi connectivity index (χ3n) is 4.68. The second-order valence-electron chi connectivity index (χ2n) is 6.07. The molecule has 1 N–H and O–H groups in total. The number of ether oxygens (including phenoxy) is 3. The lowest BCUT2D eigenvalue weighted by Crippen LogP contribution is -2.45. The van der Waals surface area contributed by atoms with Gasteiger partial charge in [-0.05, 0) is 35.9 Å². The van der Waals surface area contributed by atoms with E-state index in [0.717, 1.165) is 49.0 Å². The van der Waals surface area contributed by atoms with Crippen LogP contribution in [0.3, 0.4) is 0 Å². The first-order chi connectivity index (χ1) is 12.3. The summed E-state index contributed by atoms with van der Waals surface area (Å²) in [5, 5.41) is 3.42. The molecule has 25 heavy (non-hydrogen) atoms. The van der Waals surface area contributed by atoms with Crippen molar-refractivity contribution in [1.29, 1.82) is 0 Å². The fourth-order valence-corrected chi connectivity index (χ4v) is 3.37. The van der Waals surface area contributed by atoms with Crippen molar-refractivity contribution < 1.29 is 14.2 Å². The van der Waals surface area contributed by atoms with E-state index in [9.17, 15) is 0 Å². The summed E-state index contributed by atoms with van der Waals surface area (Å²) in [6.07, 6.45) is 0. The van der Waals surface area contributed by atoms with Gasteiger partial charge in [-0.1, -0.05) is 12.1 Å². The van der Waals surface area contributed by atoms with Gasteiger partial charge in [0.15, 0.2) is 0 Å². The average molecular weight is 342 g/mol. The maximum Gasteiger partial charge on any atom is 0.124 e. The van der Waals surface area contributed by atoms with Crippen molar-refractivity contribution in [3.05, 3.63) is 53.6 Å². The largest absolute Gasteiger partial charge is 0.497 e. The zero-order valence-corrected chi connectivity index (χ0v) is 15.1. The molecule has 1 saturated heterocycles. The Kier molecular flexibility index (Phi) is 5.79. The van der Waals surface area contributed by atoms with Crippen LogP contribution in [0.4, 0.5) is 0 Å². The summed E-state index contributed by atoms with van der Waals surface area (Å²) in [4.78, 5) is 2.48. The van der Waals surface area contributed by atoms with Crippen LogP contribution in [-0.4, -0.2) is 52.4 Å². The van der Waals surface area contributed by atoms with E-state index in [1.807, 2.05) is 24.3 Å². The van der Waals surface area contributed by atoms with Gasteiger partial charge < -0.3 is 19.5 Å². The molecular formula is C20H26N2O3. The van der Waals surface area contributed by atoms with E-state index in [1.54, 1.807) is 21.3 Å². The molecule has 5 heteroatoms. The summed E-state index contributed by atoms with van der Waals surface area (Å²) >= 11 is 0. The summed E-state index contributed by atoms with van der Waals surface area (Å²) in [5.74, 6) is 2.57. The molecule has 0 spiro atoms. The number of hydrogen-bond donors (Lipinski definition) is 1. The number of hydrogen-bond acceptors (Lipinski definition) is 5. The first-order valence-corrected chi connectivity index (χ1v) is 8.57. The number of rotatable bonds is 6. The molecule has 0 saturated carbocycles. The molecule has 1 aliphatic rings. The number of nitrogens with one attached hydrogen (secondary N) is 1. The normalized spacial score (nSPS) is 16.3. The van der Waals surface area contributed by atoms with Crippen molar-refractivity contribution >= 4 is 0 Å². The van der Waals surface area contributed by atoms with Crippen molar-refractivity contribution in [2.75, 3.05) is 47.5 Å². The van der Waals surface area contributed by atoms with Crippen molar-refractivity contribution in [2.24, 2.45) is 0 Å². The van der Waals surface area contributed by atoms with Crippen LogP contribution in [0.2, 0.25) is 0 Å². The van der Waals surface area contributed by atoms with Crippen molar-refractivity contribution in [3.63, 3.8) is 0 Å². The third-order valence-corrected chi connectivity index (χ3v) is 4.68. The smallest absolute Gasteiger partial charge is 0.124 e. The van der Waals surface area contributed by atoms with Gasteiger partial charge in [-0.3, -0.25) is 4.90 Å². The summed E-state index contributed by atoms with van der Waals surface area (Å²) in [6.45, 7) is 3.94. The predicted octanol–water partition coefficient (Wildman–Crippen LogP) is 2.71. The minimum atomic E-state index is 0.109. The van der Waals surface area contributed by atoms with E-state index in [0.29, 0.717) is 0 Å². The van der Waals surface area contributed by atoms with Crippen LogP contribution in [-0.2, 0) is 0 Å². The predicted molar refractivity (Wildman–Crippen MR) is 98.8 cm³/mol. The summed E-state index contributed by atoms with van der Waals surface area (Å²) in [7, 11) is 5.10. The molecule has 3 rings (SSSR count). The number of nitrogens with zero attached hydrogens (tertiary/aromatic N) is 1. The van der Waals surface area contributed by atoms with Crippen molar-refractivity contribution in [2.45, 2.75) is 6.04 Å². The fraction of sp³-hybridized carbons (Fsp3) is 0.400. The van der Waals surface area contributed by atoms with Gasteiger partial charge in [-0.15, -0.1) is 0 Å². The molecule has 1 unspecified atom stereocenters. The zero-order chi connectivity index (χ0) is 17.6. The van der Waals surface area contributed by atoms with E-state index >= 15 is 0 Å². The van der Waals surface area contributed by atoms with Gasteiger partial charge in [-0.2, -0.15) is 0 Å². The van der Waals surface area contributed by atoms with Crippen LogP contribution in [0, 0.1) is 0 Å². The van der Waals surface area contributed by atoms with Crippen LogP contribution in [0.25, 0.3) is 0 Å². The quantitative estimate of drug-likeness (QED) is 0.874. The zero-order valence-electron chi connectivity index (χ0n) is 15.1. The minimum Gasteiger partial charge on any atom is -0.497 e. The standard InChI is InChI=1S/C20H26N2O3/c1-23-16-6-4-15(5-7-16)20(22-12-10-21-11-13-22)18-14-17(24-2)8-9-19(18)25-3/h4-9,14,20-21H,10-13H2,1-3H3. The van der Waals surface area contributed by atoms with Gasteiger partial charge in [0.1, 0.15) is 17.2 Å². The molecule has 0 radical (unpaired) electrons. The van der Waals surface area contributed by atoms with E-state index in [1.165, 1.54) is 5.56 Å². The molecule has 2 aromatic carbocycles. The molecule has 2 aromatic rings. The highest BCUT2D eigenvalue weighted by Gasteiger charge is 2.27. The highest BCUT2D eigenvalue weighted by atomic mass is 16.5. The van der Waals surface area contributed by atoms with Crippen LogP contribution in [0.15, 0.2) is 42.5 Å². The summed E-state index contributed by atoms with van der Waals surface area (Å²) in [5.41, 5.74) is 2.34. The highest BCUT2D eigenvalue weighted by Crippen LogP contribution is 2.37. The van der Waals surface area contributed by atoms with Crippen LogP contribution >= 0.6 is 0 Å². The van der Waals surface area contributed by atoms with Gasteiger partial charge >= 0.3 is 0 Å². The second kappa shape index (κ2) is 8.23. The Labute approximate surface area is 149 Å². The van der Waals surface area contributed by atoms with E-state index in [-0.39, 0.29) is 6.04 Å². The molecule has 0 bridgehead atoms. The lowest BCUT2D eigenvalue weighted by Gasteiger charge is -2.36. The monoisotopic (exact) mass is 342 g/mol. The van der Waals surface area contributed by atoms with Crippen LogP contribution < -0.4 is 19.5 Å². The first kappa shape index (κ1) is 17.6. The summed E-state index contributed by atoms with van der Waals surface area (Å²) in [6, 6.07) is 14.4. The van der Waals surface area contributed by atoms with E-state index in [4.69, 9.17) is 14.2 Å². The Hall–Kier alpha value is -2.24. The SMILES string of the molecule is COc1ccc(C(c2cc(OC)ccc2OC)N2CCNCC2)cc1. The molecule has 0 amide bonds. The molecule has 0 aromatic heterocycles. The molecular weight excluding hydrogens is 316 g/mol. The number of benzene rings is 2. The second-order valence-corrected chi connectivity index (χ2v) is 6.07. The Morgan fingerprint density at radius 1 is 0.840 bits per heavy atom. The summed E-state index contributed by atoms with van der Waals surface area (Å²) < 4.78 is 16.4. The van der Waals surface area contributed by atoms with Crippen molar-refractivity contribution in [1.82, 2.24) is 10.2 Å². The third kappa shape index (κ3) is 3.89. The molecule has 5 nitrogen and oxygen atoms in total. The van der Waals surface area contributed by atoms with Crippen LogP contribution in [0.5, 0.6) is 17.2 Å². The molecule has 0 aliphatic carbocycles. The van der Waals surface area contributed by atoms with Gasteiger partial charge in [-0.25, -0.2) is 0 Å². The Morgan fingerprint density at radius 3 is 2.08 bits per heavy atom. The average Bonchev–Trinajstić information content (AvgIpc) is 2.69. The van der Waals surface area contributed by atoms with Crippen molar-refractivity contribution in [3.8, 4) is 17.2 Å². The van der Waals surface area contributed by atoms with E-state index < -0.39 is 0 Å². The maximum atomic E-state index is 5.66. The molecule has 1 fully saturated rings. The van der Waals surface area contributed by atoms with E-state index in [2.05, 4.69) is 28.4 Å². The van der Waals surface area contributed by atoms with Gasteiger partial charge in [0.25, 0.3) is 0 Å². The number of piperazine rings is 1. The molecule has 1 heterocycles. The lowest BCUT2D eigenvalue weighted by atomic mass is 9.95. The minimum absolute atomic E-state index is 0.109. The Morgan fingerprint density at radius 2 is 1.48 bits per heavy atom. The Balaban J connectivity index is 2.06. The van der Waals surface area contributed by atoms with Gasteiger partial charge in [0, 0.05) is 31.7 Å². The lowest BCUT2D eigenvalue weighted by molar-refractivity contribution is 0.195. The number of methoxy groups -OCH3 is 3. The van der Waals surface area contributed by atoms with Crippen LogP contribution in [0.1, 0.15) is 17.2 Å². The highest BCUT2D eigenvalue weighted by molar-refractivity contribution is 5.47. The molecule has 1 atom stereocenters. The topological polar surface area (TPSA) is 43.0 Å². The fourth-order valence-electron chi connectivity index (χ4n) is 3.37. The van der Waals surface area contributed by atoms with Gasteiger partial charge in [0.05, 0.1) is 27.4 Å². The molecule has 134 valence electrons.